The number of carbonyl (C=O) groups excluding carboxylic acids is 2. The molecule has 0 bridgehead atoms. The molecule has 1 aromatic rings. The van der Waals surface area contributed by atoms with E-state index in [0.29, 0.717) is 26.9 Å². The number of amides is 1. The number of carbonyl (C=O) groups is 2. The van der Waals surface area contributed by atoms with E-state index >= 15 is 0 Å². The molecular weight excluding hydrogens is 349 g/mol. The SMILES string of the molecule is CC1=C(C(=O)OC2CCCC2)C(c2ccc(Cl)cc2Cl)CC(=O)N1. The van der Waals surface area contributed by atoms with E-state index in [0.717, 1.165) is 25.7 Å². The van der Waals surface area contributed by atoms with Crippen molar-refractivity contribution in [2.24, 2.45) is 0 Å². The van der Waals surface area contributed by atoms with Crippen LogP contribution in [0.15, 0.2) is 29.5 Å². The maximum Gasteiger partial charge on any atom is 0.336 e. The molecule has 1 unspecified atom stereocenters. The summed E-state index contributed by atoms with van der Waals surface area (Å²) in [6.45, 7) is 1.72. The molecule has 1 amide bonds. The molecule has 128 valence electrons. The van der Waals surface area contributed by atoms with Crippen LogP contribution in [0.5, 0.6) is 0 Å². The molecule has 1 saturated carbocycles. The first-order valence-corrected chi connectivity index (χ1v) is 8.88. The van der Waals surface area contributed by atoms with Crippen LogP contribution in [0.4, 0.5) is 0 Å². The van der Waals surface area contributed by atoms with Gasteiger partial charge in [-0.05, 0) is 50.3 Å². The van der Waals surface area contributed by atoms with E-state index in [9.17, 15) is 9.59 Å². The van der Waals surface area contributed by atoms with Crippen molar-refractivity contribution in [1.82, 2.24) is 5.32 Å². The molecule has 1 aromatic carbocycles. The molecule has 24 heavy (non-hydrogen) atoms. The van der Waals surface area contributed by atoms with Gasteiger partial charge in [0.25, 0.3) is 0 Å². The molecule has 6 heteroatoms. The molecular formula is C18H19Cl2NO3. The Balaban J connectivity index is 1.93. The lowest BCUT2D eigenvalue weighted by Crippen LogP contribution is -2.35. The highest BCUT2D eigenvalue weighted by atomic mass is 35.5. The highest BCUT2D eigenvalue weighted by Crippen LogP contribution is 2.38. The summed E-state index contributed by atoms with van der Waals surface area (Å²) in [5, 5.41) is 3.70. The van der Waals surface area contributed by atoms with Crippen LogP contribution in [-0.2, 0) is 14.3 Å². The largest absolute Gasteiger partial charge is 0.459 e. The summed E-state index contributed by atoms with van der Waals surface area (Å²) in [6.07, 6.45) is 4.09. The van der Waals surface area contributed by atoms with Crippen LogP contribution in [-0.4, -0.2) is 18.0 Å². The second-order valence-electron chi connectivity index (χ2n) is 6.32. The first-order chi connectivity index (χ1) is 11.5. The predicted octanol–water partition coefficient (Wildman–Crippen LogP) is 4.36. The fourth-order valence-corrected chi connectivity index (χ4v) is 3.98. The minimum Gasteiger partial charge on any atom is -0.459 e. The molecule has 1 heterocycles. The Morgan fingerprint density at radius 2 is 1.96 bits per heavy atom. The molecule has 0 saturated heterocycles. The summed E-state index contributed by atoms with van der Waals surface area (Å²) < 4.78 is 5.65. The van der Waals surface area contributed by atoms with Gasteiger partial charge >= 0.3 is 5.97 Å². The zero-order chi connectivity index (χ0) is 17.3. The average Bonchev–Trinajstić information content (AvgIpc) is 2.99. The molecule has 1 fully saturated rings. The monoisotopic (exact) mass is 367 g/mol. The van der Waals surface area contributed by atoms with Gasteiger partial charge in [-0.3, -0.25) is 4.79 Å². The molecule has 1 aliphatic carbocycles. The van der Waals surface area contributed by atoms with Gasteiger partial charge in [0.1, 0.15) is 6.10 Å². The zero-order valence-corrected chi connectivity index (χ0v) is 14.9. The van der Waals surface area contributed by atoms with Crippen LogP contribution < -0.4 is 5.32 Å². The maximum absolute atomic E-state index is 12.7. The summed E-state index contributed by atoms with van der Waals surface area (Å²) >= 11 is 12.3. The summed E-state index contributed by atoms with van der Waals surface area (Å²) in [7, 11) is 0. The molecule has 2 aliphatic rings. The Morgan fingerprint density at radius 1 is 1.25 bits per heavy atom. The smallest absolute Gasteiger partial charge is 0.336 e. The number of nitrogens with one attached hydrogen (secondary N) is 1. The number of halogens is 2. The third kappa shape index (κ3) is 3.60. The molecule has 4 nitrogen and oxygen atoms in total. The summed E-state index contributed by atoms with van der Waals surface area (Å²) in [5.41, 5.74) is 1.73. The van der Waals surface area contributed by atoms with Gasteiger partial charge in [0.15, 0.2) is 0 Å². The Hall–Kier alpha value is -1.52. The van der Waals surface area contributed by atoms with Crippen molar-refractivity contribution in [3.8, 4) is 0 Å². The minimum atomic E-state index is -0.419. The van der Waals surface area contributed by atoms with E-state index in [-0.39, 0.29) is 24.4 Å². The van der Waals surface area contributed by atoms with Crippen molar-refractivity contribution in [1.29, 1.82) is 0 Å². The van der Waals surface area contributed by atoms with Gasteiger partial charge < -0.3 is 10.1 Å². The Bertz CT molecular complexity index is 708. The van der Waals surface area contributed by atoms with Gasteiger partial charge in [-0.25, -0.2) is 4.79 Å². The van der Waals surface area contributed by atoms with Crippen LogP contribution in [0.25, 0.3) is 0 Å². The topological polar surface area (TPSA) is 55.4 Å². The first kappa shape index (κ1) is 17.3. The molecule has 3 rings (SSSR count). The van der Waals surface area contributed by atoms with Crippen molar-refractivity contribution >= 4 is 35.1 Å². The molecule has 1 aliphatic heterocycles. The van der Waals surface area contributed by atoms with Crippen molar-refractivity contribution in [3.05, 3.63) is 45.1 Å². The zero-order valence-electron chi connectivity index (χ0n) is 13.4. The van der Waals surface area contributed by atoms with Gasteiger partial charge in [0.05, 0.1) is 5.57 Å². The second-order valence-corrected chi connectivity index (χ2v) is 7.16. The van der Waals surface area contributed by atoms with E-state index in [4.69, 9.17) is 27.9 Å². The number of esters is 1. The third-order valence-electron chi connectivity index (χ3n) is 4.60. The van der Waals surface area contributed by atoms with Crippen LogP contribution in [0, 0.1) is 0 Å². The minimum absolute atomic E-state index is 0.0308. The van der Waals surface area contributed by atoms with Gasteiger partial charge in [0.2, 0.25) is 5.91 Å². The molecule has 0 aromatic heterocycles. The van der Waals surface area contributed by atoms with E-state index in [1.165, 1.54) is 0 Å². The number of hydrogen-bond donors (Lipinski definition) is 1. The lowest BCUT2D eigenvalue weighted by Gasteiger charge is -2.28. The molecule has 1 N–H and O–H groups in total. The number of benzene rings is 1. The van der Waals surface area contributed by atoms with Gasteiger partial charge in [-0.15, -0.1) is 0 Å². The Labute approximate surface area is 151 Å². The van der Waals surface area contributed by atoms with Crippen LogP contribution >= 0.6 is 23.2 Å². The quantitative estimate of drug-likeness (QED) is 0.807. The fourth-order valence-electron chi connectivity index (χ4n) is 3.44. The lowest BCUT2D eigenvalue weighted by molar-refractivity contribution is -0.144. The van der Waals surface area contributed by atoms with Crippen molar-refractivity contribution in [2.45, 2.75) is 51.0 Å². The van der Waals surface area contributed by atoms with E-state index in [1.54, 1.807) is 25.1 Å². The fraction of sp³-hybridized carbons (Fsp3) is 0.444. The van der Waals surface area contributed by atoms with Crippen molar-refractivity contribution < 1.29 is 14.3 Å². The van der Waals surface area contributed by atoms with Crippen molar-refractivity contribution in [2.75, 3.05) is 0 Å². The van der Waals surface area contributed by atoms with Gasteiger partial charge in [-0.1, -0.05) is 29.3 Å². The normalized spacial score (nSPS) is 21.8. The van der Waals surface area contributed by atoms with Crippen LogP contribution in [0.1, 0.15) is 50.5 Å². The van der Waals surface area contributed by atoms with Crippen LogP contribution in [0.2, 0.25) is 10.0 Å². The predicted molar refractivity (Wildman–Crippen MR) is 93.0 cm³/mol. The lowest BCUT2D eigenvalue weighted by atomic mass is 9.84. The average molecular weight is 368 g/mol. The standard InChI is InChI=1S/C18H19Cl2NO3/c1-10-17(18(23)24-12-4-2-3-5-12)14(9-16(22)21-10)13-7-6-11(19)8-15(13)20/h6-8,12,14H,2-5,9H2,1H3,(H,21,22). The highest BCUT2D eigenvalue weighted by Gasteiger charge is 2.35. The third-order valence-corrected chi connectivity index (χ3v) is 5.17. The Kier molecular flexibility index (Phi) is 5.16. The molecule has 1 atom stereocenters. The molecule has 0 radical (unpaired) electrons. The van der Waals surface area contributed by atoms with E-state index in [2.05, 4.69) is 5.32 Å². The molecule has 0 spiro atoms. The van der Waals surface area contributed by atoms with E-state index < -0.39 is 5.92 Å². The number of rotatable bonds is 3. The second kappa shape index (κ2) is 7.16. The first-order valence-electron chi connectivity index (χ1n) is 8.12. The van der Waals surface area contributed by atoms with Gasteiger partial charge in [0, 0.05) is 28.1 Å². The summed E-state index contributed by atoms with van der Waals surface area (Å²) in [5.74, 6) is -0.922. The highest BCUT2D eigenvalue weighted by molar-refractivity contribution is 6.35. The number of hydrogen-bond acceptors (Lipinski definition) is 3. The maximum atomic E-state index is 12.7. The summed E-state index contributed by atoms with van der Waals surface area (Å²) in [6, 6.07) is 5.11. The van der Waals surface area contributed by atoms with E-state index in [1.807, 2.05) is 0 Å². The Morgan fingerprint density at radius 3 is 2.62 bits per heavy atom. The number of ether oxygens (including phenoxy) is 1. The van der Waals surface area contributed by atoms with Crippen LogP contribution in [0.3, 0.4) is 0 Å². The summed E-state index contributed by atoms with van der Waals surface area (Å²) in [4.78, 5) is 24.7. The number of allylic oxidation sites excluding steroid dienone is 1. The van der Waals surface area contributed by atoms with Gasteiger partial charge in [-0.2, -0.15) is 0 Å². The van der Waals surface area contributed by atoms with Crippen molar-refractivity contribution in [3.63, 3.8) is 0 Å².